The molecule has 1 fully saturated rings. The average Bonchev–Trinajstić information content (AvgIpc) is 3.26. The summed E-state index contributed by atoms with van der Waals surface area (Å²) in [7, 11) is 1.85. The van der Waals surface area contributed by atoms with Gasteiger partial charge in [0.2, 0.25) is 5.91 Å². The average molecular weight is 356 g/mol. The Bertz CT molecular complexity index is 834. The second kappa shape index (κ2) is 6.80. The van der Waals surface area contributed by atoms with Crippen molar-refractivity contribution in [1.82, 2.24) is 15.1 Å². The summed E-state index contributed by atoms with van der Waals surface area (Å²) < 4.78 is 12.9. The number of carbonyl (C=O) groups excluding carboxylic acids is 2. The SMILES string of the molecule is Cn1nccc1[C@H]1OCC[C@@H]1NC(=O)CN1C(=O)COc2ccccc21. The third-order valence-corrected chi connectivity index (χ3v) is 4.70. The van der Waals surface area contributed by atoms with Crippen molar-refractivity contribution in [1.29, 1.82) is 0 Å². The summed E-state index contributed by atoms with van der Waals surface area (Å²) in [5, 5.41) is 7.16. The molecule has 1 N–H and O–H groups in total. The van der Waals surface area contributed by atoms with Crippen molar-refractivity contribution in [2.75, 3.05) is 24.7 Å². The Hall–Kier alpha value is -2.87. The summed E-state index contributed by atoms with van der Waals surface area (Å²) >= 11 is 0. The molecule has 136 valence electrons. The fourth-order valence-electron chi connectivity index (χ4n) is 3.42. The lowest BCUT2D eigenvalue weighted by molar-refractivity contribution is -0.125. The third kappa shape index (κ3) is 3.03. The number of hydrogen-bond donors (Lipinski definition) is 1. The van der Waals surface area contributed by atoms with Gasteiger partial charge in [-0.05, 0) is 24.6 Å². The number of aromatic nitrogens is 2. The molecular formula is C18H20N4O4. The summed E-state index contributed by atoms with van der Waals surface area (Å²) in [6.45, 7) is 0.461. The zero-order valence-electron chi connectivity index (χ0n) is 14.4. The number of rotatable bonds is 4. The van der Waals surface area contributed by atoms with Crippen molar-refractivity contribution < 1.29 is 19.1 Å². The van der Waals surface area contributed by atoms with Gasteiger partial charge in [0.05, 0.1) is 17.4 Å². The van der Waals surface area contributed by atoms with Gasteiger partial charge >= 0.3 is 0 Å². The Balaban J connectivity index is 1.46. The molecule has 0 spiro atoms. The standard InChI is InChI=1S/C18H20N4O4/c1-21-14(6-8-19-21)18-12(7-9-25-18)20-16(23)10-22-13-4-2-3-5-15(13)26-11-17(22)24/h2-6,8,12,18H,7,9-11H2,1H3,(H,20,23)/t12-,18-/m0/s1. The first-order valence-electron chi connectivity index (χ1n) is 8.54. The molecule has 1 aromatic carbocycles. The van der Waals surface area contributed by atoms with Crippen molar-refractivity contribution in [2.45, 2.75) is 18.6 Å². The van der Waals surface area contributed by atoms with E-state index in [9.17, 15) is 9.59 Å². The van der Waals surface area contributed by atoms with Crippen LogP contribution in [0.2, 0.25) is 0 Å². The molecule has 2 amide bonds. The van der Waals surface area contributed by atoms with Crippen molar-refractivity contribution in [3.8, 4) is 5.75 Å². The van der Waals surface area contributed by atoms with E-state index >= 15 is 0 Å². The van der Waals surface area contributed by atoms with Crippen LogP contribution in [0, 0.1) is 0 Å². The number of anilines is 1. The first-order chi connectivity index (χ1) is 12.6. The molecule has 1 aromatic heterocycles. The van der Waals surface area contributed by atoms with E-state index in [0.717, 1.165) is 12.1 Å². The van der Waals surface area contributed by atoms with Crippen LogP contribution in [0.3, 0.4) is 0 Å². The lowest BCUT2D eigenvalue weighted by Gasteiger charge is -2.29. The molecule has 26 heavy (non-hydrogen) atoms. The molecule has 3 heterocycles. The Kier molecular flexibility index (Phi) is 4.34. The molecule has 2 aromatic rings. The maximum atomic E-state index is 12.6. The Labute approximate surface area is 150 Å². The van der Waals surface area contributed by atoms with Crippen molar-refractivity contribution >= 4 is 17.5 Å². The fourth-order valence-corrected chi connectivity index (χ4v) is 3.42. The quantitative estimate of drug-likeness (QED) is 0.875. The number of nitrogens with one attached hydrogen (secondary N) is 1. The lowest BCUT2D eigenvalue weighted by atomic mass is 10.1. The summed E-state index contributed by atoms with van der Waals surface area (Å²) in [6.07, 6.45) is 2.19. The molecule has 0 radical (unpaired) electrons. The number of amides is 2. The van der Waals surface area contributed by atoms with Gasteiger partial charge in [-0.15, -0.1) is 0 Å². The highest BCUT2D eigenvalue weighted by molar-refractivity contribution is 6.02. The molecule has 0 aliphatic carbocycles. The number of ether oxygens (including phenoxy) is 2. The predicted molar refractivity (Wildman–Crippen MR) is 92.7 cm³/mol. The van der Waals surface area contributed by atoms with Gasteiger partial charge in [0.25, 0.3) is 5.91 Å². The van der Waals surface area contributed by atoms with Crippen molar-refractivity contribution in [2.24, 2.45) is 7.05 Å². The molecule has 8 nitrogen and oxygen atoms in total. The number of carbonyl (C=O) groups is 2. The minimum Gasteiger partial charge on any atom is -0.482 e. The van der Waals surface area contributed by atoms with Crippen LogP contribution < -0.4 is 15.0 Å². The van der Waals surface area contributed by atoms with Crippen molar-refractivity contribution in [3.63, 3.8) is 0 Å². The fraction of sp³-hybridized carbons (Fsp3) is 0.389. The summed E-state index contributed by atoms with van der Waals surface area (Å²) in [4.78, 5) is 26.3. The first kappa shape index (κ1) is 16.6. The van der Waals surface area contributed by atoms with Crippen LogP contribution in [0.1, 0.15) is 18.2 Å². The van der Waals surface area contributed by atoms with E-state index in [1.807, 2.05) is 25.2 Å². The molecule has 8 heteroatoms. The Morgan fingerprint density at radius 2 is 2.19 bits per heavy atom. The second-order valence-electron chi connectivity index (χ2n) is 6.37. The van der Waals surface area contributed by atoms with Gasteiger partial charge < -0.3 is 14.8 Å². The van der Waals surface area contributed by atoms with Crippen LogP contribution in [-0.2, 0) is 21.4 Å². The predicted octanol–water partition coefficient (Wildman–Crippen LogP) is 0.792. The van der Waals surface area contributed by atoms with Gasteiger partial charge in [0.1, 0.15) is 18.4 Å². The highest BCUT2D eigenvalue weighted by atomic mass is 16.5. The van der Waals surface area contributed by atoms with E-state index in [1.165, 1.54) is 4.90 Å². The van der Waals surface area contributed by atoms with Gasteiger partial charge in [-0.2, -0.15) is 5.10 Å². The van der Waals surface area contributed by atoms with Crippen LogP contribution in [0.25, 0.3) is 0 Å². The number of para-hydroxylation sites is 2. The Morgan fingerprint density at radius 3 is 3.00 bits per heavy atom. The zero-order valence-corrected chi connectivity index (χ0v) is 14.4. The van der Waals surface area contributed by atoms with Crippen molar-refractivity contribution in [3.05, 3.63) is 42.2 Å². The molecule has 0 bridgehead atoms. The van der Waals surface area contributed by atoms with Crippen LogP contribution in [0.5, 0.6) is 5.75 Å². The first-order valence-corrected chi connectivity index (χ1v) is 8.54. The van der Waals surface area contributed by atoms with E-state index < -0.39 is 0 Å². The van der Waals surface area contributed by atoms with Crippen LogP contribution in [-0.4, -0.2) is 47.4 Å². The second-order valence-corrected chi connectivity index (χ2v) is 6.37. The summed E-state index contributed by atoms with van der Waals surface area (Å²) in [5.41, 5.74) is 1.53. The minimum absolute atomic E-state index is 0.0478. The zero-order chi connectivity index (χ0) is 18.1. The molecule has 2 aliphatic heterocycles. The van der Waals surface area contributed by atoms with Crippen LogP contribution in [0.4, 0.5) is 5.69 Å². The van der Waals surface area contributed by atoms with Gasteiger partial charge in [-0.3, -0.25) is 19.2 Å². The monoisotopic (exact) mass is 356 g/mol. The summed E-state index contributed by atoms with van der Waals surface area (Å²) in [6, 6.07) is 8.95. The molecular weight excluding hydrogens is 336 g/mol. The molecule has 0 unspecified atom stereocenters. The molecule has 4 rings (SSSR count). The van der Waals surface area contributed by atoms with E-state index in [-0.39, 0.29) is 37.1 Å². The summed E-state index contributed by atoms with van der Waals surface area (Å²) in [5.74, 6) is 0.152. The van der Waals surface area contributed by atoms with E-state index in [2.05, 4.69) is 10.4 Å². The number of benzene rings is 1. The maximum absolute atomic E-state index is 12.6. The molecule has 2 atom stereocenters. The maximum Gasteiger partial charge on any atom is 0.265 e. The van der Waals surface area contributed by atoms with E-state index in [1.54, 1.807) is 23.0 Å². The lowest BCUT2D eigenvalue weighted by Crippen LogP contribution is -2.47. The smallest absolute Gasteiger partial charge is 0.265 e. The largest absolute Gasteiger partial charge is 0.482 e. The third-order valence-electron chi connectivity index (χ3n) is 4.70. The normalized spacial score (nSPS) is 22.0. The van der Waals surface area contributed by atoms with Gasteiger partial charge in [0, 0.05) is 19.9 Å². The number of hydrogen-bond acceptors (Lipinski definition) is 5. The highest BCUT2D eigenvalue weighted by Crippen LogP contribution is 2.32. The number of aryl methyl sites for hydroxylation is 1. The number of fused-ring (bicyclic) bond motifs is 1. The van der Waals surface area contributed by atoms with Gasteiger partial charge in [-0.1, -0.05) is 12.1 Å². The van der Waals surface area contributed by atoms with Crippen LogP contribution >= 0.6 is 0 Å². The topological polar surface area (TPSA) is 85.7 Å². The van der Waals surface area contributed by atoms with Gasteiger partial charge in [0.15, 0.2) is 6.61 Å². The minimum atomic E-state index is -0.237. The molecule has 0 saturated carbocycles. The van der Waals surface area contributed by atoms with E-state index in [4.69, 9.17) is 9.47 Å². The van der Waals surface area contributed by atoms with Gasteiger partial charge in [-0.25, -0.2) is 0 Å². The molecule has 2 aliphatic rings. The van der Waals surface area contributed by atoms with E-state index in [0.29, 0.717) is 18.0 Å². The highest BCUT2D eigenvalue weighted by Gasteiger charge is 2.34. The van der Waals surface area contributed by atoms with Crippen LogP contribution in [0.15, 0.2) is 36.5 Å². The number of nitrogens with zero attached hydrogens (tertiary/aromatic N) is 3. The molecule has 1 saturated heterocycles. The Morgan fingerprint density at radius 1 is 1.35 bits per heavy atom.